The molecule has 0 unspecified atom stereocenters. The Labute approximate surface area is 117 Å². The third-order valence-corrected chi connectivity index (χ3v) is 3.37. The highest BCUT2D eigenvalue weighted by molar-refractivity contribution is 9.10. The number of benzene rings is 2. The fraction of sp³-hybridized carbons (Fsp3) is 0. The first-order valence-electron chi connectivity index (χ1n) is 5.66. The van der Waals surface area contributed by atoms with Gasteiger partial charge >= 0.3 is 5.63 Å². The molecular formula is C15H9BrO3. The molecule has 3 rings (SSSR count). The first-order chi connectivity index (χ1) is 9.13. The summed E-state index contributed by atoms with van der Waals surface area (Å²) in [5.74, 6) is 0.164. The summed E-state index contributed by atoms with van der Waals surface area (Å²) in [6, 6.07) is 13.7. The summed E-state index contributed by atoms with van der Waals surface area (Å²) in [6.45, 7) is 0. The predicted octanol–water partition coefficient (Wildman–Crippen LogP) is 3.93. The Morgan fingerprint density at radius 3 is 2.47 bits per heavy atom. The van der Waals surface area contributed by atoms with Crippen LogP contribution < -0.4 is 5.63 Å². The normalized spacial score (nSPS) is 10.8. The van der Waals surface area contributed by atoms with Gasteiger partial charge in [-0.05, 0) is 42.0 Å². The lowest BCUT2D eigenvalue weighted by Crippen LogP contribution is -2.02. The Morgan fingerprint density at radius 2 is 1.74 bits per heavy atom. The van der Waals surface area contributed by atoms with Crippen molar-refractivity contribution in [3.8, 4) is 16.9 Å². The molecular weight excluding hydrogens is 308 g/mol. The van der Waals surface area contributed by atoms with E-state index in [1.54, 1.807) is 36.4 Å². The lowest BCUT2D eigenvalue weighted by molar-refractivity contribution is 0.475. The highest BCUT2D eigenvalue weighted by Gasteiger charge is 2.08. The van der Waals surface area contributed by atoms with E-state index in [0.29, 0.717) is 16.7 Å². The Hall–Kier alpha value is -2.07. The number of hydrogen-bond acceptors (Lipinski definition) is 3. The molecule has 0 saturated heterocycles. The Balaban J connectivity index is 2.26. The van der Waals surface area contributed by atoms with Gasteiger partial charge in [0.25, 0.3) is 0 Å². The van der Waals surface area contributed by atoms with Crippen molar-refractivity contribution in [1.82, 2.24) is 0 Å². The predicted molar refractivity (Wildman–Crippen MR) is 77.3 cm³/mol. The van der Waals surface area contributed by atoms with Gasteiger partial charge in [0, 0.05) is 9.86 Å². The van der Waals surface area contributed by atoms with Gasteiger partial charge in [-0.1, -0.05) is 28.1 Å². The maximum absolute atomic E-state index is 12.0. The molecule has 0 spiro atoms. The summed E-state index contributed by atoms with van der Waals surface area (Å²) in [5.41, 5.74) is 1.36. The van der Waals surface area contributed by atoms with Gasteiger partial charge < -0.3 is 9.52 Å². The van der Waals surface area contributed by atoms with E-state index < -0.39 is 0 Å². The van der Waals surface area contributed by atoms with E-state index in [1.807, 2.05) is 12.1 Å². The summed E-state index contributed by atoms with van der Waals surface area (Å²) in [5, 5.41) is 10.1. The lowest BCUT2D eigenvalue weighted by Gasteiger charge is -2.03. The molecule has 4 heteroatoms. The molecule has 0 fully saturated rings. The zero-order chi connectivity index (χ0) is 13.4. The molecule has 0 radical (unpaired) electrons. The average molecular weight is 317 g/mol. The Kier molecular flexibility index (Phi) is 2.87. The molecule has 1 heterocycles. The largest absolute Gasteiger partial charge is 0.508 e. The second-order valence-corrected chi connectivity index (χ2v) is 5.09. The van der Waals surface area contributed by atoms with Crippen molar-refractivity contribution < 1.29 is 9.52 Å². The minimum absolute atomic E-state index is 0.164. The summed E-state index contributed by atoms with van der Waals surface area (Å²) >= 11 is 3.39. The summed E-state index contributed by atoms with van der Waals surface area (Å²) < 4.78 is 6.22. The van der Waals surface area contributed by atoms with Gasteiger partial charge in [0.05, 0.1) is 5.56 Å². The van der Waals surface area contributed by atoms with Gasteiger partial charge in [0.2, 0.25) is 0 Å². The molecule has 0 atom stereocenters. The van der Waals surface area contributed by atoms with Gasteiger partial charge in [-0.2, -0.15) is 0 Å². The molecule has 1 N–H and O–H groups in total. The van der Waals surface area contributed by atoms with Crippen LogP contribution in [0, 0.1) is 0 Å². The summed E-state index contributed by atoms with van der Waals surface area (Å²) in [6.07, 6.45) is 0. The fourth-order valence-corrected chi connectivity index (χ4v) is 2.32. The van der Waals surface area contributed by atoms with E-state index in [1.165, 1.54) is 0 Å². The van der Waals surface area contributed by atoms with Crippen molar-refractivity contribution >= 4 is 26.9 Å². The molecule has 0 aliphatic heterocycles. The first-order valence-corrected chi connectivity index (χ1v) is 6.45. The third-order valence-electron chi connectivity index (χ3n) is 2.87. The van der Waals surface area contributed by atoms with Crippen LogP contribution in [0.2, 0.25) is 0 Å². The van der Waals surface area contributed by atoms with E-state index in [-0.39, 0.29) is 11.4 Å². The minimum atomic E-state index is -0.388. The van der Waals surface area contributed by atoms with Crippen molar-refractivity contribution in [3.05, 3.63) is 63.4 Å². The highest BCUT2D eigenvalue weighted by Crippen LogP contribution is 2.24. The average Bonchev–Trinajstić information content (AvgIpc) is 2.40. The lowest BCUT2D eigenvalue weighted by atomic mass is 10.1. The van der Waals surface area contributed by atoms with Crippen molar-refractivity contribution in [2.24, 2.45) is 0 Å². The van der Waals surface area contributed by atoms with Crippen LogP contribution in [-0.4, -0.2) is 5.11 Å². The molecule has 1 aromatic heterocycles. The number of phenols is 1. The Bertz CT molecular complexity index is 804. The topological polar surface area (TPSA) is 50.4 Å². The van der Waals surface area contributed by atoms with Gasteiger partial charge in [-0.25, -0.2) is 4.79 Å². The van der Waals surface area contributed by atoms with Crippen LogP contribution in [-0.2, 0) is 0 Å². The van der Waals surface area contributed by atoms with Crippen molar-refractivity contribution in [1.29, 1.82) is 0 Å². The van der Waals surface area contributed by atoms with Gasteiger partial charge in [-0.15, -0.1) is 0 Å². The smallest absolute Gasteiger partial charge is 0.344 e. The van der Waals surface area contributed by atoms with Crippen LogP contribution in [0.5, 0.6) is 5.75 Å². The molecule has 3 nitrogen and oxygen atoms in total. The van der Waals surface area contributed by atoms with E-state index in [0.717, 1.165) is 9.86 Å². The van der Waals surface area contributed by atoms with Crippen LogP contribution in [0.1, 0.15) is 0 Å². The van der Waals surface area contributed by atoms with Crippen molar-refractivity contribution in [2.45, 2.75) is 0 Å². The number of rotatable bonds is 1. The summed E-state index contributed by atoms with van der Waals surface area (Å²) in [4.78, 5) is 12.0. The van der Waals surface area contributed by atoms with Crippen LogP contribution in [0.4, 0.5) is 0 Å². The fourth-order valence-electron chi connectivity index (χ4n) is 1.94. The van der Waals surface area contributed by atoms with Crippen LogP contribution in [0.25, 0.3) is 22.1 Å². The number of halogens is 1. The molecule has 3 aromatic rings. The zero-order valence-corrected chi connectivity index (χ0v) is 11.3. The van der Waals surface area contributed by atoms with E-state index in [9.17, 15) is 9.90 Å². The summed E-state index contributed by atoms with van der Waals surface area (Å²) in [7, 11) is 0. The van der Waals surface area contributed by atoms with Gasteiger partial charge in [0.1, 0.15) is 11.3 Å². The molecule has 0 aliphatic rings. The zero-order valence-electron chi connectivity index (χ0n) is 9.76. The number of phenolic OH excluding ortho intramolecular Hbond substituents is 1. The van der Waals surface area contributed by atoms with Crippen LogP contribution in [0.3, 0.4) is 0 Å². The molecule has 0 bridgehead atoms. The molecule has 19 heavy (non-hydrogen) atoms. The molecule has 94 valence electrons. The molecule has 0 aliphatic carbocycles. The van der Waals surface area contributed by atoms with Crippen LogP contribution in [0.15, 0.2) is 62.2 Å². The van der Waals surface area contributed by atoms with E-state index in [4.69, 9.17) is 4.42 Å². The number of hydrogen-bond donors (Lipinski definition) is 1. The quantitative estimate of drug-likeness (QED) is 0.692. The molecule has 0 saturated carbocycles. The maximum atomic E-state index is 12.0. The second-order valence-electron chi connectivity index (χ2n) is 4.18. The SMILES string of the molecule is O=c1oc2ccc(Br)cc2cc1-c1ccc(O)cc1. The standard InChI is InChI=1S/C15H9BrO3/c16-11-3-6-14-10(7-11)8-13(15(18)19-14)9-1-4-12(17)5-2-9/h1-8,17H. The number of aromatic hydroxyl groups is 1. The monoisotopic (exact) mass is 316 g/mol. The second kappa shape index (κ2) is 4.55. The minimum Gasteiger partial charge on any atom is -0.508 e. The Morgan fingerprint density at radius 1 is 1.00 bits per heavy atom. The van der Waals surface area contributed by atoms with E-state index in [2.05, 4.69) is 15.9 Å². The van der Waals surface area contributed by atoms with Gasteiger partial charge in [0.15, 0.2) is 0 Å². The maximum Gasteiger partial charge on any atom is 0.344 e. The third kappa shape index (κ3) is 2.27. The van der Waals surface area contributed by atoms with Crippen LogP contribution >= 0.6 is 15.9 Å². The van der Waals surface area contributed by atoms with Crippen molar-refractivity contribution in [3.63, 3.8) is 0 Å². The number of fused-ring (bicyclic) bond motifs is 1. The molecule has 0 amide bonds. The van der Waals surface area contributed by atoms with Crippen molar-refractivity contribution in [2.75, 3.05) is 0 Å². The first kappa shape index (κ1) is 12.0. The molecule has 2 aromatic carbocycles. The van der Waals surface area contributed by atoms with Gasteiger partial charge in [-0.3, -0.25) is 0 Å². The highest BCUT2D eigenvalue weighted by atomic mass is 79.9. The van der Waals surface area contributed by atoms with E-state index >= 15 is 0 Å².